The molecule has 1 N–H and O–H groups in total. The van der Waals surface area contributed by atoms with Gasteiger partial charge >= 0.3 is 0 Å². The summed E-state index contributed by atoms with van der Waals surface area (Å²) in [5.41, 5.74) is 4.63. The Morgan fingerprint density at radius 1 is 1.03 bits per heavy atom. The minimum absolute atomic E-state index is 0.0979. The van der Waals surface area contributed by atoms with Gasteiger partial charge in [-0.05, 0) is 62.8 Å². The van der Waals surface area contributed by atoms with E-state index in [4.69, 9.17) is 19.4 Å². The predicted molar refractivity (Wildman–Crippen MR) is 132 cm³/mol. The van der Waals surface area contributed by atoms with Gasteiger partial charge in [0, 0.05) is 29.8 Å². The molecule has 0 radical (unpaired) electrons. The fraction of sp³-hybridized carbons (Fsp3) is 0.393. The maximum atomic E-state index is 9.78. The molecule has 4 aromatic rings. The summed E-state index contributed by atoms with van der Waals surface area (Å²) in [6.45, 7) is 0.611. The van der Waals surface area contributed by atoms with Crippen LogP contribution in [0.2, 0.25) is 0 Å². The Morgan fingerprint density at radius 2 is 1.91 bits per heavy atom. The monoisotopic (exact) mass is 468 g/mol. The number of pyridine rings is 2. The quantitative estimate of drug-likeness (QED) is 0.471. The van der Waals surface area contributed by atoms with Gasteiger partial charge in [0.15, 0.2) is 5.65 Å². The highest BCUT2D eigenvalue weighted by Gasteiger charge is 2.46. The number of para-hydroxylation sites is 1. The van der Waals surface area contributed by atoms with E-state index in [2.05, 4.69) is 33.8 Å². The van der Waals surface area contributed by atoms with E-state index in [1.807, 2.05) is 24.3 Å². The smallest absolute Gasteiger partial charge is 0.214 e. The highest BCUT2D eigenvalue weighted by atomic mass is 16.5. The van der Waals surface area contributed by atoms with Crippen LogP contribution in [0.4, 0.5) is 0 Å². The normalized spacial score (nSPS) is 25.3. The van der Waals surface area contributed by atoms with Crippen molar-refractivity contribution in [2.75, 3.05) is 6.61 Å². The lowest BCUT2D eigenvalue weighted by Gasteiger charge is -2.35. The second kappa shape index (κ2) is 8.05. The maximum Gasteiger partial charge on any atom is 0.214 e. The summed E-state index contributed by atoms with van der Waals surface area (Å²) in [7, 11) is 0. The van der Waals surface area contributed by atoms with Gasteiger partial charge in [-0.15, -0.1) is 0 Å². The Morgan fingerprint density at radius 3 is 2.83 bits per heavy atom. The summed E-state index contributed by atoms with van der Waals surface area (Å²) in [5, 5.41) is 9.78. The number of aliphatic hydroxyl groups is 1. The molecule has 2 aliphatic heterocycles. The molecule has 0 bridgehead atoms. The van der Waals surface area contributed by atoms with E-state index in [-0.39, 0.29) is 17.7 Å². The second-order valence-electron chi connectivity index (χ2n) is 10.0. The Bertz CT molecular complexity index is 1410. The minimum Gasteiger partial charge on any atom is -0.490 e. The molecule has 7 heteroatoms. The molecular weight excluding hydrogens is 440 g/mol. The molecule has 1 unspecified atom stereocenters. The summed E-state index contributed by atoms with van der Waals surface area (Å²) >= 11 is 0. The van der Waals surface area contributed by atoms with Gasteiger partial charge in [0.1, 0.15) is 35.3 Å². The largest absolute Gasteiger partial charge is 0.490 e. The van der Waals surface area contributed by atoms with Gasteiger partial charge in [-0.2, -0.15) is 0 Å². The van der Waals surface area contributed by atoms with E-state index < -0.39 is 0 Å². The topological polar surface area (TPSA) is 82.3 Å². The number of nitrogens with zero attached hydrogens (tertiary/aromatic N) is 4. The van der Waals surface area contributed by atoms with Crippen molar-refractivity contribution in [1.82, 2.24) is 19.5 Å². The molecule has 7 nitrogen and oxygen atoms in total. The van der Waals surface area contributed by atoms with Crippen LogP contribution < -0.4 is 9.47 Å². The predicted octanol–water partition coefficient (Wildman–Crippen LogP) is 4.65. The zero-order valence-electron chi connectivity index (χ0n) is 19.6. The number of aromatic nitrogens is 4. The van der Waals surface area contributed by atoms with E-state index in [1.165, 1.54) is 5.56 Å². The molecule has 3 aliphatic rings. The maximum absolute atomic E-state index is 9.78. The van der Waals surface area contributed by atoms with Gasteiger partial charge in [-0.3, -0.25) is 4.57 Å². The molecule has 1 aromatic carbocycles. The van der Waals surface area contributed by atoms with Gasteiger partial charge in [0.25, 0.3) is 0 Å². The molecule has 1 aliphatic carbocycles. The van der Waals surface area contributed by atoms with Crippen LogP contribution in [0.15, 0.2) is 54.7 Å². The Kier molecular flexibility index (Phi) is 4.81. The molecule has 1 saturated carbocycles. The second-order valence-corrected chi connectivity index (χ2v) is 10.0. The SMILES string of the molecule is O[C@H]1CC[C@@H](Oc2cc(-c3ccc4nc5n(c4n3)C3(CCC5)COc4ccccc43)ccn2)CC1. The van der Waals surface area contributed by atoms with Crippen LogP contribution in [0.3, 0.4) is 0 Å². The van der Waals surface area contributed by atoms with Crippen molar-refractivity contribution >= 4 is 11.2 Å². The number of imidazole rings is 1. The van der Waals surface area contributed by atoms with Crippen LogP contribution in [0.25, 0.3) is 22.4 Å². The molecule has 178 valence electrons. The lowest BCUT2D eigenvalue weighted by Crippen LogP contribution is -2.40. The van der Waals surface area contributed by atoms with Crippen molar-refractivity contribution < 1.29 is 14.6 Å². The standard InChI is InChI=1S/C28H28N4O3/c33-19-7-9-20(10-8-19)35-26-16-18(13-15-29-26)22-11-12-23-27(31-22)32-25(30-23)6-3-14-28(32)17-34-24-5-2-1-4-21(24)28/h1-2,4-5,11-13,15-16,19-20,33H,3,6-10,14,17H2/t19-,20+,28?. The van der Waals surface area contributed by atoms with Crippen LogP contribution in [0.5, 0.6) is 11.6 Å². The van der Waals surface area contributed by atoms with Crippen molar-refractivity contribution in [1.29, 1.82) is 0 Å². The third-order valence-corrected chi connectivity index (χ3v) is 7.81. The molecule has 3 aromatic heterocycles. The fourth-order valence-electron chi connectivity index (χ4n) is 6.04. The first-order valence-electron chi connectivity index (χ1n) is 12.6. The van der Waals surface area contributed by atoms with E-state index in [0.29, 0.717) is 12.5 Å². The first-order chi connectivity index (χ1) is 17.2. The van der Waals surface area contributed by atoms with Gasteiger partial charge in [-0.25, -0.2) is 15.0 Å². The third-order valence-electron chi connectivity index (χ3n) is 7.81. The van der Waals surface area contributed by atoms with E-state index in [0.717, 1.165) is 78.9 Å². The number of rotatable bonds is 3. The average Bonchev–Trinajstić information content (AvgIpc) is 3.45. The Hall–Kier alpha value is -3.45. The number of aliphatic hydroxyl groups excluding tert-OH is 1. The van der Waals surface area contributed by atoms with Crippen molar-refractivity contribution in [3.8, 4) is 22.9 Å². The number of ether oxygens (including phenoxy) is 2. The summed E-state index contributed by atoms with van der Waals surface area (Å²) in [6.07, 6.45) is 7.98. The van der Waals surface area contributed by atoms with Gasteiger partial charge in [-0.1, -0.05) is 18.2 Å². The Balaban J connectivity index is 1.28. The van der Waals surface area contributed by atoms with E-state index >= 15 is 0 Å². The van der Waals surface area contributed by atoms with Crippen molar-refractivity contribution in [2.24, 2.45) is 0 Å². The average molecular weight is 469 g/mol. The number of hydrogen-bond donors (Lipinski definition) is 1. The molecule has 35 heavy (non-hydrogen) atoms. The van der Waals surface area contributed by atoms with Gasteiger partial charge in [0.2, 0.25) is 5.88 Å². The summed E-state index contributed by atoms with van der Waals surface area (Å²) in [6, 6.07) is 16.4. The summed E-state index contributed by atoms with van der Waals surface area (Å²) in [5.74, 6) is 2.65. The zero-order valence-corrected chi connectivity index (χ0v) is 19.6. The van der Waals surface area contributed by atoms with Crippen LogP contribution in [-0.2, 0) is 12.0 Å². The lowest BCUT2D eigenvalue weighted by molar-refractivity contribution is 0.0644. The van der Waals surface area contributed by atoms with Crippen LogP contribution in [-0.4, -0.2) is 43.4 Å². The molecule has 1 atom stereocenters. The fourth-order valence-corrected chi connectivity index (χ4v) is 6.04. The molecule has 0 amide bonds. The van der Waals surface area contributed by atoms with E-state index in [1.54, 1.807) is 6.20 Å². The molecule has 1 spiro atoms. The Labute approximate surface area is 203 Å². The van der Waals surface area contributed by atoms with Crippen LogP contribution >= 0.6 is 0 Å². The first-order valence-corrected chi connectivity index (χ1v) is 12.6. The van der Waals surface area contributed by atoms with Gasteiger partial charge < -0.3 is 14.6 Å². The molecule has 7 rings (SSSR count). The number of hydrogen-bond acceptors (Lipinski definition) is 6. The highest BCUT2D eigenvalue weighted by Crippen LogP contribution is 2.47. The first kappa shape index (κ1) is 20.9. The highest BCUT2D eigenvalue weighted by molar-refractivity contribution is 5.77. The molecule has 5 heterocycles. The number of aryl methyl sites for hydroxylation is 1. The van der Waals surface area contributed by atoms with Crippen LogP contribution in [0, 0.1) is 0 Å². The van der Waals surface area contributed by atoms with Crippen molar-refractivity contribution in [3.05, 3.63) is 66.1 Å². The van der Waals surface area contributed by atoms with Crippen molar-refractivity contribution in [3.63, 3.8) is 0 Å². The lowest BCUT2D eigenvalue weighted by atomic mass is 9.83. The van der Waals surface area contributed by atoms with Crippen LogP contribution in [0.1, 0.15) is 49.9 Å². The zero-order chi connectivity index (χ0) is 23.4. The molecule has 0 saturated heterocycles. The van der Waals surface area contributed by atoms with Crippen molar-refractivity contribution in [2.45, 2.75) is 62.7 Å². The number of benzene rings is 1. The molecular formula is C28H28N4O3. The third kappa shape index (κ3) is 3.40. The summed E-state index contributed by atoms with van der Waals surface area (Å²) < 4.78 is 14.7. The minimum atomic E-state index is -0.261. The number of fused-ring (bicyclic) bond motifs is 6. The molecule has 1 fully saturated rings. The van der Waals surface area contributed by atoms with Gasteiger partial charge in [0.05, 0.1) is 11.8 Å². The summed E-state index contributed by atoms with van der Waals surface area (Å²) in [4.78, 5) is 14.5. The van der Waals surface area contributed by atoms with E-state index in [9.17, 15) is 5.11 Å².